The largest absolute Gasteiger partial charge is 0.381 e. The van der Waals surface area contributed by atoms with Gasteiger partial charge < -0.3 is 36.6 Å². The summed E-state index contributed by atoms with van der Waals surface area (Å²) >= 11 is 0. The average molecular weight is 823 g/mol. The second-order valence-electron chi connectivity index (χ2n) is 21.9. The zero-order chi connectivity index (χ0) is 39.2. The van der Waals surface area contributed by atoms with Gasteiger partial charge >= 0.3 is 17.2 Å². The van der Waals surface area contributed by atoms with Crippen LogP contribution in [0.5, 0.6) is 0 Å². The highest BCUT2D eigenvalue weighted by molar-refractivity contribution is 7.42. The molecule has 10 heteroatoms. The molecular formula is C46H80O8P2. The second-order valence-corrected chi connectivity index (χ2v) is 24.0. The van der Waals surface area contributed by atoms with Gasteiger partial charge in [-0.05, 0) is 135 Å². The number of fused-ring (bicyclic) bond motifs is 6. The van der Waals surface area contributed by atoms with Crippen LogP contribution in [0, 0.1) is 58.2 Å². The third kappa shape index (κ3) is 9.46. The van der Waals surface area contributed by atoms with Gasteiger partial charge in [0, 0.05) is 14.2 Å². The molecule has 0 N–H and O–H groups in total. The third-order valence-electron chi connectivity index (χ3n) is 16.6. The Labute approximate surface area is 344 Å². The minimum Gasteiger partial charge on any atom is -0.381 e. The molecule has 0 aromatic rings. The van der Waals surface area contributed by atoms with Crippen LogP contribution in [0.2, 0.25) is 0 Å². The Morgan fingerprint density at radius 2 is 0.679 bits per heavy atom. The summed E-state index contributed by atoms with van der Waals surface area (Å²) in [4.78, 5) is 0. The Balaban J connectivity index is 1.14. The van der Waals surface area contributed by atoms with E-state index in [4.69, 9.17) is 36.6 Å². The van der Waals surface area contributed by atoms with Crippen LogP contribution < -0.4 is 0 Å². The van der Waals surface area contributed by atoms with E-state index in [0.29, 0.717) is 23.7 Å². The molecule has 0 spiro atoms. The maximum absolute atomic E-state index is 7.61. The fraction of sp³-hybridized carbons (Fsp3) is 1.00. The molecule has 322 valence electrons. The lowest BCUT2D eigenvalue weighted by Gasteiger charge is -2.54. The minimum atomic E-state index is -1.51. The first-order chi connectivity index (χ1) is 26.9. The maximum Gasteiger partial charge on any atom is 0.333 e. The van der Waals surface area contributed by atoms with Crippen LogP contribution in [0.3, 0.4) is 0 Å². The van der Waals surface area contributed by atoms with Gasteiger partial charge in [0.2, 0.25) is 0 Å². The first kappa shape index (κ1) is 43.2. The Bertz CT molecular complexity index is 1120. The van der Waals surface area contributed by atoms with Crippen LogP contribution in [0.25, 0.3) is 0 Å². The fourth-order valence-corrected chi connectivity index (χ4v) is 16.7. The molecule has 8 nitrogen and oxygen atoms in total. The van der Waals surface area contributed by atoms with Gasteiger partial charge in [0.1, 0.15) is 0 Å². The van der Waals surface area contributed by atoms with E-state index in [1.807, 2.05) is 14.2 Å². The van der Waals surface area contributed by atoms with E-state index in [9.17, 15) is 0 Å². The molecule has 8 fully saturated rings. The van der Waals surface area contributed by atoms with Crippen molar-refractivity contribution in [3.05, 3.63) is 0 Å². The van der Waals surface area contributed by atoms with Crippen LogP contribution in [0.4, 0.5) is 0 Å². The van der Waals surface area contributed by atoms with Crippen LogP contribution in [0.1, 0.15) is 170 Å². The third-order valence-corrected chi connectivity index (χ3v) is 19.2. The Hall–Kier alpha value is 0.540. The SMILES string of the molecule is COC1CC(C2CC(OC)CC(C(C)(C)C)C2OP2OC3CCCCC3C3CCCCC3O2)C(OP2OC3CCCCC3C3CCCCC3O2)C(C(C)(C)C)C1. The number of rotatable bonds is 7. The number of hydrogen-bond acceptors (Lipinski definition) is 8. The van der Waals surface area contributed by atoms with Gasteiger partial charge in [0.25, 0.3) is 0 Å². The molecule has 16 unspecified atom stereocenters. The first-order valence-electron chi connectivity index (χ1n) is 23.6. The maximum atomic E-state index is 7.61. The van der Waals surface area contributed by atoms with Gasteiger partial charge in [-0.3, -0.25) is 0 Å². The van der Waals surface area contributed by atoms with Crippen molar-refractivity contribution in [1.29, 1.82) is 0 Å². The number of hydrogen-bond donors (Lipinski definition) is 0. The molecule has 8 rings (SSSR count). The summed E-state index contributed by atoms with van der Waals surface area (Å²) in [5.74, 6) is 3.31. The zero-order valence-corrected chi connectivity index (χ0v) is 38.3. The summed E-state index contributed by atoms with van der Waals surface area (Å²) in [6.07, 6.45) is 24.9. The zero-order valence-electron chi connectivity index (χ0n) is 36.5. The summed E-state index contributed by atoms with van der Waals surface area (Å²) in [6, 6.07) is 0. The topological polar surface area (TPSA) is 73.8 Å². The van der Waals surface area contributed by atoms with Gasteiger partial charge in [0.05, 0.1) is 48.8 Å². The quantitative estimate of drug-likeness (QED) is 0.235. The van der Waals surface area contributed by atoms with Crippen molar-refractivity contribution in [2.75, 3.05) is 14.2 Å². The normalized spacial score (nSPS) is 48.0. The predicted octanol–water partition coefficient (Wildman–Crippen LogP) is 12.7. The molecule has 6 saturated carbocycles. The lowest BCUT2D eigenvalue weighted by molar-refractivity contribution is -0.148. The molecule has 2 heterocycles. The average Bonchev–Trinajstić information content (AvgIpc) is 3.44. The van der Waals surface area contributed by atoms with Gasteiger partial charge in [-0.25, -0.2) is 0 Å². The smallest absolute Gasteiger partial charge is 0.333 e. The first-order valence-corrected chi connectivity index (χ1v) is 25.8. The van der Waals surface area contributed by atoms with Crippen molar-refractivity contribution in [2.24, 2.45) is 58.2 Å². The van der Waals surface area contributed by atoms with E-state index in [2.05, 4.69) is 41.5 Å². The summed E-state index contributed by atoms with van der Waals surface area (Å²) < 4.78 is 56.5. The molecule has 0 aromatic carbocycles. The van der Waals surface area contributed by atoms with Gasteiger partial charge in [-0.2, -0.15) is 0 Å². The van der Waals surface area contributed by atoms with E-state index in [1.165, 1.54) is 77.0 Å². The van der Waals surface area contributed by atoms with Gasteiger partial charge in [-0.1, -0.05) is 92.9 Å². The highest BCUT2D eigenvalue weighted by Gasteiger charge is 2.56. The van der Waals surface area contributed by atoms with Crippen molar-refractivity contribution in [3.8, 4) is 0 Å². The Kier molecular flexibility index (Phi) is 14.3. The van der Waals surface area contributed by atoms with E-state index in [0.717, 1.165) is 51.4 Å². The highest BCUT2D eigenvalue weighted by atomic mass is 31.2. The van der Waals surface area contributed by atoms with E-state index in [1.54, 1.807) is 0 Å². The van der Waals surface area contributed by atoms with Crippen molar-refractivity contribution < 1.29 is 36.6 Å². The number of methoxy groups -OCH3 is 2. The molecule has 6 aliphatic carbocycles. The summed E-state index contributed by atoms with van der Waals surface area (Å²) in [6.45, 7) is 14.4. The predicted molar refractivity (Wildman–Crippen MR) is 224 cm³/mol. The van der Waals surface area contributed by atoms with Crippen molar-refractivity contribution in [3.63, 3.8) is 0 Å². The molecule has 0 aromatic heterocycles. The lowest BCUT2D eigenvalue weighted by Crippen LogP contribution is -2.55. The molecule has 8 aliphatic rings. The highest BCUT2D eigenvalue weighted by Crippen LogP contribution is 2.62. The van der Waals surface area contributed by atoms with E-state index >= 15 is 0 Å². The van der Waals surface area contributed by atoms with Gasteiger partial charge in [0.15, 0.2) is 0 Å². The minimum absolute atomic E-state index is 0.000730. The lowest BCUT2D eigenvalue weighted by atomic mass is 9.57. The van der Waals surface area contributed by atoms with Crippen LogP contribution in [-0.2, 0) is 36.6 Å². The summed E-state index contributed by atoms with van der Waals surface area (Å²) in [5, 5.41) is 0. The molecule has 2 aliphatic heterocycles. The Morgan fingerprint density at radius 3 is 0.946 bits per heavy atom. The van der Waals surface area contributed by atoms with Crippen molar-refractivity contribution in [1.82, 2.24) is 0 Å². The second kappa shape index (κ2) is 18.5. The van der Waals surface area contributed by atoms with Crippen molar-refractivity contribution in [2.45, 2.75) is 219 Å². The van der Waals surface area contributed by atoms with Crippen LogP contribution in [-0.4, -0.2) is 63.1 Å². The monoisotopic (exact) mass is 823 g/mol. The molecular weight excluding hydrogens is 742 g/mol. The number of ether oxygens (including phenoxy) is 2. The Morgan fingerprint density at radius 1 is 0.393 bits per heavy atom. The molecule has 56 heavy (non-hydrogen) atoms. The summed E-state index contributed by atoms with van der Waals surface area (Å²) in [7, 11) is 0.818. The fourth-order valence-electron chi connectivity index (χ4n) is 13.5. The molecule has 16 atom stereocenters. The van der Waals surface area contributed by atoms with E-state index in [-0.39, 0.29) is 83.3 Å². The van der Waals surface area contributed by atoms with Crippen LogP contribution in [0.15, 0.2) is 0 Å². The summed E-state index contributed by atoms with van der Waals surface area (Å²) in [5.41, 5.74) is 0.00146. The standard InChI is InChI=1S/C46H80O8P2/c1-45(2,3)37-27-29(47-7)25-35(43(37)53-55-49-39-21-13-9-17-31(39)32-18-10-14-22-40(32)50-55)36-26-30(48-8)28-38(46(4,5)6)44(36)54-56-51-41-23-15-11-19-33(41)34-20-12-16-24-42(34)52-56/h29-44H,9-28H2,1-8H3. The van der Waals surface area contributed by atoms with Gasteiger partial charge in [-0.15, -0.1) is 0 Å². The van der Waals surface area contributed by atoms with Crippen molar-refractivity contribution >= 4 is 17.2 Å². The molecule has 2 saturated heterocycles. The van der Waals surface area contributed by atoms with E-state index < -0.39 is 17.2 Å². The van der Waals surface area contributed by atoms with Crippen LogP contribution >= 0.6 is 17.2 Å². The molecule has 0 bridgehead atoms. The molecule has 0 amide bonds. The molecule has 0 radical (unpaired) electrons.